The van der Waals surface area contributed by atoms with Crippen molar-refractivity contribution in [1.82, 2.24) is 0 Å². The zero-order valence-corrected chi connectivity index (χ0v) is 14.0. The van der Waals surface area contributed by atoms with Gasteiger partial charge in [0.25, 0.3) is 0 Å². The summed E-state index contributed by atoms with van der Waals surface area (Å²) < 4.78 is 4.69. The van der Waals surface area contributed by atoms with Crippen molar-refractivity contribution >= 4 is 35.2 Å². The lowest BCUT2D eigenvalue weighted by Gasteiger charge is -2.31. The van der Waals surface area contributed by atoms with Crippen LogP contribution in [0.1, 0.15) is 47.0 Å². The first-order valence-corrected chi connectivity index (χ1v) is 7.49. The van der Waals surface area contributed by atoms with Crippen molar-refractivity contribution in [2.75, 3.05) is 5.33 Å². The van der Waals surface area contributed by atoms with Crippen molar-refractivity contribution in [3.63, 3.8) is 0 Å². The number of rotatable bonds is 7. The van der Waals surface area contributed by atoms with Crippen LogP contribution in [0.15, 0.2) is 0 Å². The maximum Gasteiger partial charge on any atom is 0.436 e. The van der Waals surface area contributed by atoms with Crippen LogP contribution in [-0.2, 0) is 4.65 Å². The summed E-state index contributed by atoms with van der Waals surface area (Å²) in [5.41, 5.74) is -2.34. The van der Waals surface area contributed by atoms with Crippen LogP contribution >= 0.6 is 27.5 Å². The molecule has 0 aromatic heterocycles. The van der Waals surface area contributed by atoms with Crippen molar-refractivity contribution in [2.24, 2.45) is 0 Å². The molecule has 0 aromatic carbocycles. The molecule has 1 atom stereocenters. The molecule has 0 bridgehead atoms. The number of hydrogen-bond donors (Lipinski definition) is 3. The molecule has 0 radical (unpaired) electrons. The van der Waals surface area contributed by atoms with Crippen molar-refractivity contribution < 1.29 is 19.9 Å². The molecular weight excluding hydrogens is 322 g/mol. The van der Waals surface area contributed by atoms with Crippen molar-refractivity contribution in [3.05, 3.63) is 0 Å². The minimum absolute atomic E-state index is 0.289. The summed E-state index contributed by atoms with van der Waals surface area (Å²) in [7, 11) is -0.289. The Bertz CT molecular complexity index is 182. The molecule has 0 aliphatic heterocycles. The Morgan fingerprint density at radius 2 is 1.61 bits per heavy atom. The van der Waals surface area contributed by atoms with Crippen LogP contribution in [0.3, 0.4) is 0 Å². The molecule has 0 aromatic rings. The Morgan fingerprint density at radius 1 is 1.17 bits per heavy atom. The molecule has 0 fully saturated rings. The van der Waals surface area contributed by atoms with E-state index >= 15 is 0 Å². The first kappa shape index (κ1) is 21.0. The summed E-state index contributed by atoms with van der Waals surface area (Å²) in [6.45, 7) is 6.31. The van der Waals surface area contributed by atoms with E-state index in [1.807, 2.05) is 0 Å². The van der Waals surface area contributed by atoms with Crippen LogP contribution < -0.4 is 0 Å². The van der Waals surface area contributed by atoms with Crippen molar-refractivity contribution in [3.8, 4) is 0 Å². The molecule has 1 unspecified atom stereocenters. The predicted octanol–water partition coefficient (Wildman–Crippen LogP) is 1.92. The number of unbranched alkanes of at least 4 members (excludes halogenated alkanes) is 1. The second kappa shape index (κ2) is 10.5. The molecule has 18 heavy (non-hydrogen) atoms. The molecule has 110 valence electrons. The normalized spacial score (nSPS) is 13.6. The number of alkyl halides is 2. The van der Waals surface area contributed by atoms with Gasteiger partial charge in [0.1, 0.15) is 5.56 Å². The van der Waals surface area contributed by atoms with Gasteiger partial charge in [-0.3, -0.25) is 0 Å². The van der Waals surface area contributed by atoms with Crippen molar-refractivity contribution in [1.29, 1.82) is 0 Å². The van der Waals surface area contributed by atoms with E-state index < -0.39 is 11.2 Å². The van der Waals surface area contributed by atoms with Crippen LogP contribution in [0.25, 0.3) is 0 Å². The third-order valence-corrected chi connectivity index (χ3v) is 3.47. The van der Waals surface area contributed by atoms with E-state index in [1.54, 1.807) is 27.7 Å². The highest BCUT2D eigenvalue weighted by atomic mass is 79.9. The summed E-state index contributed by atoms with van der Waals surface area (Å²) in [6.07, 6.45) is 2.92. The van der Waals surface area contributed by atoms with Crippen LogP contribution in [0.5, 0.6) is 0 Å². The molecule has 0 amide bonds. The van der Waals surface area contributed by atoms with E-state index in [-0.39, 0.29) is 13.2 Å². The highest BCUT2D eigenvalue weighted by Crippen LogP contribution is 2.19. The maximum absolute atomic E-state index is 9.10. The van der Waals surface area contributed by atoms with E-state index in [0.29, 0.717) is 0 Å². The summed E-state index contributed by atoms with van der Waals surface area (Å²) in [6, 6.07) is 0. The number of halogens is 2. The molecular formula is C11H25BBrClO4. The lowest BCUT2D eigenvalue weighted by atomic mass is 9.90. The highest BCUT2D eigenvalue weighted by molar-refractivity contribution is 9.09. The predicted molar refractivity (Wildman–Crippen MR) is 80.3 cm³/mol. The van der Waals surface area contributed by atoms with E-state index in [2.05, 4.69) is 15.9 Å². The zero-order chi connectivity index (χ0) is 14.8. The maximum atomic E-state index is 9.10. The quantitative estimate of drug-likeness (QED) is 0.374. The minimum atomic E-state index is -1.01. The first-order valence-electron chi connectivity index (χ1n) is 5.93. The average Bonchev–Trinajstić information content (AvgIpc) is 2.16. The van der Waals surface area contributed by atoms with Crippen LogP contribution in [0.4, 0.5) is 0 Å². The Balaban J connectivity index is 0. The molecule has 7 heteroatoms. The fraction of sp³-hybridized carbons (Fsp3) is 1.00. The Hall–Kier alpha value is 0.675. The Morgan fingerprint density at radius 3 is 1.89 bits per heavy atom. The molecule has 3 N–H and O–H groups in total. The van der Waals surface area contributed by atoms with Gasteiger partial charge in [0, 0.05) is 5.33 Å². The van der Waals surface area contributed by atoms with Crippen LogP contribution in [0, 0.1) is 0 Å². The van der Waals surface area contributed by atoms with Gasteiger partial charge in [-0.2, -0.15) is 0 Å². The standard InChI is InChI=1S/C6H14O2.C5H11BBrClO2/c1-5(2,7)6(3,4)8;7-4-2-1-3-5(8)10-6-9/h7-8H,1-4H3;5-6,9H,1-4H2. The summed E-state index contributed by atoms with van der Waals surface area (Å²) in [4.78, 5) is 0. The fourth-order valence-corrected chi connectivity index (χ4v) is 1.17. The second-order valence-electron chi connectivity index (χ2n) is 5.01. The third-order valence-electron chi connectivity index (χ3n) is 2.57. The fourth-order valence-electron chi connectivity index (χ4n) is 0.564. The molecule has 0 heterocycles. The molecule has 0 aliphatic carbocycles. The molecule has 0 saturated carbocycles. The van der Waals surface area contributed by atoms with Gasteiger partial charge >= 0.3 is 7.69 Å². The Kier molecular flexibility index (Phi) is 12.2. The van der Waals surface area contributed by atoms with Gasteiger partial charge in [0.05, 0.1) is 11.2 Å². The van der Waals surface area contributed by atoms with Gasteiger partial charge < -0.3 is 19.9 Å². The average molecular weight is 347 g/mol. The summed E-state index contributed by atoms with van der Waals surface area (Å²) in [5, 5.41) is 27.5. The monoisotopic (exact) mass is 346 g/mol. The van der Waals surface area contributed by atoms with E-state index in [9.17, 15) is 0 Å². The highest BCUT2D eigenvalue weighted by Gasteiger charge is 2.31. The Labute approximate surface area is 124 Å². The van der Waals surface area contributed by atoms with Gasteiger partial charge in [-0.1, -0.05) is 27.5 Å². The number of aliphatic hydroxyl groups is 2. The summed E-state index contributed by atoms with van der Waals surface area (Å²) >= 11 is 8.92. The zero-order valence-electron chi connectivity index (χ0n) is 11.6. The van der Waals surface area contributed by atoms with Gasteiger partial charge in [-0.25, -0.2) is 0 Å². The van der Waals surface area contributed by atoms with Crippen molar-refractivity contribution in [2.45, 2.75) is 63.7 Å². The van der Waals surface area contributed by atoms with Gasteiger partial charge in [-0.15, -0.1) is 0 Å². The minimum Gasteiger partial charge on any atom is -0.430 e. The van der Waals surface area contributed by atoms with Crippen LogP contribution in [0.2, 0.25) is 0 Å². The lowest BCUT2D eigenvalue weighted by Crippen LogP contribution is -2.44. The molecule has 0 rings (SSSR count). The third kappa shape index (κ3) is 13.1. The first-order chi connectivity index (χ1) is 8.06. The second-order valence-corrected chi connectivity index (χ2v) is 6.29. The SMILES string of the molecule is CC(C)(O)C(C)(C)O.OBOC(Cl)CCCCBr. The molecule has 4 nitrogen and oxygen atoms in total. The molecule has 0 aliphatic rings. The van der Waals surface area contributed by atoms with Gasteiger partial charge in [0.15, 0.2) is 0 Å². The lowest BCUT2D eigenvalue weighted by molar-refractivity contribution is -0.107. The van der Waals surface area contributed by atoms with Gasteiger partial charge in [0.2, 0.25) is 0 Å². The molecule has 0 spiro atoms. The van der Waals surface area contributed by atoms with E-state index in [1.165, 1.54) is 0 Å². The number of hydrogen-bond acceptors (Lipinski definition) is 4. The molecule has 0 saturated heterocycles. The van der Waals surface area contributed by atoms with Crippen LogP contribution in [-0.4, -0.2) is 45.0 Å². The smallest absolute Gasteiger partial charge is 0.430 e. The van der Waals surface area contributed by atoms with E-state index in [0.717, 1.165) is 24.6 Å². The summed E-state index contributed by atoms with van der Waals surface area (Å²) in [5.74, 6) is 0. The van der Waals surface area contributed by atoms with Gasteiger partial charge in [-0.05, 0) is 47.0 Å². The topological polar surface area (TPSA) is 69.9 Å². The van der Waals surface area contributed by atoms with E-state index in [4.69, 9.17) is 31.5 Å². The largest absolute Gasteiger partial charge is 0.436 e.